The van der Waals surface area contributed by atoms with Gasteiger partial charge in [-0.2, -0.15) is 11.8 Å². The minimum atomic E-state index is -0.430. The van der Waals surface area contributed by atoms with Crippen LogP contribution in [0.4, 0.5) is 4.39 Å². The number of nitrogens with two attached hydrogens (primary N) is 1. The van der Waals surface area contributed by atoms with Gasteiger partial charge in [0.2, 0.25) is 0 Å². The molecule has 1 aliphatic rings. The number of halogens is 1. The van der Waals surface area contributed by atoms with Crippen LogP contribution in [0.15, 0.2) is 18.2 Å². The van der Waals surface area contributed by atoms with Gasteiger partial charge >= 0.3 is 0 Å². The fourth-order valence-corrected chi connectivity index (χ4v) is 3.40. The summed E-state index contributed by atoms with van der Waals surface area (Å²) in [6, 6.07) is 4.30. The third-order valence-corrected chi connectivity index (χ3v) is 4.46. The molecule has 0 spiro atoms. The van der Waals surface area contributed by atoms with E-state index in [1.54, 1.807) is 11.9 Å². The minimum Gasteiger partial charge on any atom is -0.338 e. The zero-order valence-electron chi connectivity index (χ0n) is 11.4. The highest BCUT2D eigenvalue weighted by molar-refractivity contribution is 7.99. The number of thioether (sulfide) groups is 1. The number of hydrogen-bond acceptors (Lipinski definition) is 3. The summed E-state index contributed by atoms with van der Waals surface area (Å²) in [5.41, 5.74) is 6.18. The topological polar surface area (TPSA) is 46.3 Å². The molecule has 0 saturated carbocycles. The van der Waals surface area contributed by atoms with E-state index in [0.29, 0.717) is 11.1 Å². The first kappa shape index (κ1) is 14.9. The van der Waals surface area contributed by atoms with Crippen LogP contribution in [-0.4, -0.2) is 41.9 Å². The van der Waals surface area contributed by atoms with Crippen molar-refractivity contribution in [3.8, 4) is 11.8 Å². The molecule has 1 aromatic rings. The fraction of sp³-hybridized carbons (Fsp3) is 0.400. The van der Waals surface area contributed by atoms with Crippen molar-refractivity contribution in [1.82, 2.24) is 4.90 Å². The SMILES string of the molecule is CN(C(=O)c1cc(F)ccc1C#CCN)C1CCSC1. The third-order valence-electron chi connectivity index (χ3n) is 3.31. The summed E-state index contributed by atoms with van der Waals surface area (Å²) in [6.45, 7) is 0.208. The summed E-state index contributed by atoms with van der Waals surface area (Å²) in [5.74, 6) is 6.92. The van der Waals surface area contributed by atoms with Crippen molar-refractivity contribution in [1.29, 1.82) is 0 Å². The molecular formula is C15H17FN2OS. The van der Waals surface area contributed by atoms with Crippen molar-refractivity contribution in [3.63, 3.8) is 0 Å². The van der Waals surface area contributed by atoms with E-state index in [1.165, 1.54) is 18.2 Å². The molecule has 1 saturated heterocycles. The molecule has 106 valence electrons. The van der Waals surface area contributed by atoms with Crippen LogP contribution < -0.4 is 5.73 Å². The van der Waals surface area contributed by atoms with Crippen molar-refractivity contribution in [2.45, 2.75) is 12.5 Å². The monoisotopic (exact) mass is 292 g/mol. The molecular weight excluding hydrogens is 275 g/mol. The number of carbonyl (C=O) groups excluding carboxylic acids is 1. The summed E-state index contributed by atoms with van der Waals surface area (Å²) in [6.07, 6.45) is 0.978. The molecule has 1 fully saturated rings. The number of nitrogens with zero attached hydrogens (tertiary/aromatic N) is 1. The largest absolute Gasteiger partial charge is 0.338 e. The first-order valence-electron chi connectivity index (χ1n) is 6.47. The maximum Gasteiger partial charge on any atom is 0.255 e. The van der Waals surface area contributed by atoms with Crippen LogP contribution in [0.25, 0.3) is 0 Å². The molecule has 1 amide bonds. The lowest BCUT2D eigenvalue weighted by atomic mass is 10.1. The standard InChI is InChI=1S/C15H17FN2OS/c1-18(13-6-8-20-10-13)15(19)14-9-12(16)5-4-11(14)3-2-7-17/h4-5,9,13H,6-8,10,17H2,1H3. The number of benzene rings is 1. The van der Waals surface area contributed by atoms with Crippen LogP contribution in [0.5, 0.6) is 0 Å². The van der Waals surface area contributed by atoms with Gasteiger partial charge in [0.15, 0.2) is 0 Å². The lowest BCUT2D eigenvalue weighted by Gasteiger charge is -2.24. The van der Waals surface area contributed by atoms with Gasteiger partial charge in [0, 0.05) is 24.4 Å². The second-order valence-electron chi connectivity index (χ2n) is 4.63. The Labute approximate surface area is 122 Å². The molecule has 1 aromatic carbocycles. The quantitative estimate of drug-likeness (QED) is 0.844. The molecule has 0 aromatic heterocycles. The molecule has 1 heterocycles. The number of hydrogen-bond donors (Lipinski definition) is 1. The highest BCUT2D eigenvalue weighted by Gasteiger charge is 2.26. The van der Waals surface area contributed by atoms with E-state index < -0.39 is 5.82 Å². The summed E-state index contributed by atoms with van der Waals surface area (Å²) in [7, 11) is 1.77. The van der Waals surface area contributed by atoms with Gasteiger partial charge in [-0.05, 0) is 30.4 Å². The molecule has 0 aliphatic carbocycles. The molecule has 1 unspecified atom stereocenters. The van der Waals surface area contributed by atoms with Crippen LogP contribution in [0.3, 0.4) is 0 Å². The Kier molecular flexibility index (Phi) is 5.05. The Morgan fingerprint density at radius 3 is 3.05 bits per heavy atom. The Morgan fingerprint density at radius 2 is 2.40 bits per heavy atom. The summed E-state index contributed by atoms with van der Waals surface area (Å²) in [4.78, 5) is 14.2. The molecule has 2 N–H and O–H groups in total. The van der Waals surface area contributed by atoms with E-state index in [1.807, 2.05) is 11.8 Å². The fourth-order valence-electron chi connectivity index (χ4n) is 2.13. The van der Waals surface area contributed by atoms with E-state index in [-0.39, 0.29) is 18.5 Å². The summed E-state index contributed by atoms with van der Waals surface area (Å²) < 4.78 is 13.4. The maximum atomic E-state index is 13.4. The average molecular weight is 292 g/mol. The molecule has 1 atom stereocenters. The minimum absolute atomic E-state index is 0.182. The van der Waals surface area contributed by atoms with E-state index >= 15 is 0 Å². The van der Waals surface area contributed by atoms with Crippen molar-refractivity contribution in [2.75, 3.05) is 25.1 Å². The normalized spacial score (nSPS) is 17.4. The van der Waals surface area contributed by atoms with Crippen LogP contribution >= 0.6 is 11.8 Å². The van der Waals surface area contributed by atoms with Gasteiger partial charge in [-0.25, -0.2) is 4.39 Å². The van der Waals surface area contributed by atoms with Gasteiger partial charge < -0.3 is 10.6 Å². The number of rotatable bonds is 2. The summed E-state index contributed by atoms with van der Waals surface area (Å²) >= 11 is 1.83. The Hall–Kier alpha value is -1.51. The molecule has 0 radical (unpaired) electrons. The van der Waals surface area contributed by atoms with Gasteiger partial charge in [-0.1, -0.05) is 11.8 Å². The molecule has 0 bridgehead atoms. The number of amides is 1. The van der Waals surface area contributed by atoms with Crippen molar-refractivity contribution >= 4 is 17.7 Å². The highest BCUT2D eigenvalue weighted by atomic mass is 32.2. The third kappa shape index (κ3) is 3.33. The van der Waals surface area contributed by atoms with Crippen molar-refractivity contribution < 1.29 is 9.18 Å². The van der Waals surface area contributed by atoms with Gasteiger partial charge in [-0.3, -0.25) is 4.79 Å². The predicted octanol–water partition coefficient (Wildman–Crippen LogP) is 1.71. The van der Waals surface area contributed by atoms with Crippen molar-refractivity contribution in [2.24, 2.45) is 5.73 Å². The van der Waals surface area contributed by atoms with E-state index in [2.05, 4.69) is 11.8 Å². The van der Waals surface area contributed by atoms with Gasteiger partial charge in [0.1, 0.15) is 5.82 Å². The zero-order valence-corrected chi connectivity index (χ0v) is 12.2. The number of carbonyl (C=O) groups is 1. The van der Waals surface area contributed by atoms with E-state index in [4.69, 9.17) is 5.73 Å². The second kappa shape index (κ2) is 6.78. The lowest BCUT2D eigenvalue weighted by Crippen LogP contribution is -2.37. The molecule has 20 heavy (non-hydrogen) atoms. The van der Waals surface area contributed by atoms with Gasteiger partial charge in [0.05, 0.1) is 12.1 Å². The van der Waals surface area contributed by atoms with Crippen LogP contribution in [0.2, 0.25) is 0 Å². The maximum absolute atomic E-state index is 13.4. The first-order chi connectivity index (χ1) is 9.63. The first-order valence-corrected chi connectivity index (χ1v) is 7.62. The average Bonchev–Trinajstić information content (AvgIpc) is 2.98. The van der Waals surface area contributed by atoms with Crippen LogP contribution in [0.1, 0.15) is 22.3 Å². The van der Waals surface area contributed by atoms with Crippen LogP contribution in [0, 0.1) is 17.7 Å². The molecule has 2 rings (SSSR count). The highest BCUT2D eigenvalue weighted by Crippen LogP contribution is 2.23. The van der Waals surface area contributed by atoms with Gasteiger partial charge in [-0.15, -0.1) is 0 Å². The molecule has 5 heteroatoms. The zero-order chi connectivity index (χ0) is 14.5. The predicted molar refractivity (Wildman–Crippen MR) is 80.2 cm³/mol. The molecule has 1 aliphatic heterocycles. The lowest BCUT2D eigenvalue weighted by molar-refractivity contribution is 0.0747. The smallest absolute Gasteiger partial charge is 0.255 e. The van der Waals surface area contributed by atoms with Gasteiger partial charge in [0.25, 0.3) is 5.91 Å². The Balaban J connectivity index is 2.29. The van der Waals surface area contributed by atoms with Crippen LogP contribution in [-0.2, 0) is 0 Å². The summed E-state index contributed by atoms with van der Waals surface area (Å²) in [5, 5.41) is 0. The van der Waals surface area contributed by atoms with Crippen molar-refractivity contribution in [3.05, 3.63) is 35.1 Å². The Bertz CT molecular complexity index is 559. The Morgan fingerprint density at radius 1 is 1.60 bits per heavy atom. The molecule has 3 nitrogen and oxygen atoms in total. The second-order valence-corrected chi connectivity index (χ2v) is 5.78. The van der Waals surface area contributed by atoms with E-state index in [0.717, 1.165) is 17.9 Å². The van der Waals surface area contributed by atoms with E-state index in [9.17, 15) is 9.18 Å².